The van der Waals surface area contributed by atoms with Gasteiger partial charge in [0.05, 0.1) is 30.3 Å². The molecule has 2 aromatic heterocycles. The van der Waals surface area contributed by atoms with Gasteiger partial charge in [0.1, 0.15) is 0 Å². The molecule has 0 saturated carbocycles. The highest BCUT2D eigenvalue weighted by atomic mass is 16.5. The van der Waals surface area contributed by atoms with Crippen LogP contribution in [0, 0.1) is 0 Å². The van der Waals surface area contributed by atoms with E-state index in [0.29, 0.717) is 31.1 Å². The van der Waals surface area contributed by atoms with Crippen LogP contribution in [-0.2, 0) is 26.4 Å². The standard InChI is InChI=1S/C23H28N6O3/c1-26-23(32-2)18-7-6-17(14-20(18)24-26)22(31)28-11-8-27(9-12-28)10-13-29-21(30)15-16-4-3-5-19(16)25-29/h6-7,14-15H,3-5,8-13H2,1-2H3. The van der Waals surface area contributed by atoms with Crippen LogP contribution in [-0.4, -0.2) is 75.1 Å². The van der Waals surface area contributed by atoms with Gasteiger partial charge in [-0.3, -0.25) is 14.5 Å². The molecule has 3 aromatic rings. The van der Waals surface area contributed by atoms with Crippen molar-refractivity contribution in [3.63, 3.8) is 0 Å². The second-order valence-electron chi connectivity index (χ2n) is 8.53. The number of ether oxygens (including phenoxy) is 1. The normalized spacial score (nSPS) is 16.5. The van der Waals surface area contributed by atoms with Crippen molar-refractivity contribution in [2.24, 2.45) is 7.05 Å². The fraction of sp³-hybridized carbons (Fsp3) is 0.478. The van der Waals surface area contributed by atoms with E-state index < -0.39 is 0 Å². The van der Waals surface area contributed by atoms with E-state index >= 15 is 0 Å². The van der Waals surface area contributed by atoms with E-state index in [-0.39, 0.29) is 11.5 Å². The Balaban J connectivity index is 1.19. The van der Waals surface area contributed by atoms with Gasteiger partial charge in [-0.05, 0) is 43.0 Å². The molecule has 1 aromatic carbocycles. The van der Waals surface area contributed by atoms with Gasteiger partial charge in [-0.25, -0.2) is 9.36 Å². The Labute approximate surface area is 186 Å². The van der Waals surface area contributed by atoms with Crippen molar-refractivity contribution in [3.8, 4) is 5.88 Å². The third-order valence-corrected chi connectivity index (χ3v) is 6.53. The quantitative estimate of drug-likeness (QED) is 0.595. The first-order valence-corrected chi connectivity index (χ1v) is 11.2. The predicted octanol–water partition coefficient (Wildman–Crippen LogP) is 1.09. The Bertz CT molecular complexity index is 1220. The summed E-state index contributed by atoms with van der Waals surface area (Å²) in [7, 11) is 3.44. The molecule has 168 valence electrons. The first-order valence-electron chi connectivity index (χ1n) is 11.2. The molecule has 5 rings (SSSR count). The summed E-state index contributed by atoms with van der Waals surface area (Å²) in [6.07, 6.45) is 3.02. The average Bonchev–Trinajstić information content (AvgIpc) is 3.39. The second-order valence-corrected chi connectivity index (χ2v) is 8.53. The number of hydrogen-bond acceptors (Lipinski definition) is 6. The van der Waals surface area contributed by atoms with E-state index in [2.05, 4.69) is 15.1 Å². The monoisotopic (exact) mass is 436 g/mol. The van der Waals surface area contributed by atoms with Gasteiger partial charge in [0.15, 0.2) is 0 Å². The number of carbonyl (C=O) groups is 1. The zero-order chi connectivity index (χ0) is 22.2. The molecular weight excluding hydrogens is 408 g/mol. The molecule has 32 heavy (non-hydrogen) atoms. The van der Waals surface area contributed by atoms with E-state index in [1.165, 1.54) is 0 Å². The third kappa shape index (κ3) is 3.77. The average molecular weight is 437 g/mol. The smallest absolute Gasteiger partial charge is 0.267 e. The fourth-order valence-electron chi connectivity index (χ4n) is 4.74. The molecule has 0 N–H and O–H groups in total. The van der Waals surface area contributed by atoms with Gasteiger partial charge in [-0.15, -0.1) is 0 Å². The summed E-state index contributed by atoms with van der Waals surface area (Å²) in [5.41, 5.74) is 3.56. The first-order chi connectivity index (χ1) is 15.5. The Hall–Kier alpha value is -3.20. The molecule has 2 aliphatic rings. The molecule has 0 bridgehead atoms. The Morgan fingerprint density at radius 3 is 2.66 bits per heavy atom. The highest BCUT2D eigenvalue weighted by Crippen LogP contribution is 2.26. The van der Waals surface area contributed by atoms with Crippen LogP contribution in [0.5, 0.6) is 5.88 Å². The van der Waals surface area contributed by atoms with Crippen LogP contribution >= 0.6 is 0 Å². The maximum atomic E-state index is 13.0. The lowest BCUT2D eigenvalue weighted by Crippen LogP contribution is -2.49. The number of amides is 1. The molecule has 0 unspecified atom stereocenters. The molecule has 1 aliphatic carbocycles. The van der Waals surface area contributed by atoms with Crippen LogP contribution < -0.4 is 10.3 Å². The summed E-state index contributed by atoms with van der Waals surface area (Å²) in [5, 5.41) is 9.90. The number of rotatable bonds is 5. The Morgan fingerprint density at radius 1 is 1.06 bits per heavy atom. The van der Waals surface area contributed by atoms with Crippen LogP contribution in [0.1, 0.15) is 28.0 Å². The maximum Gasteiger partial charge on any atom is 0.267 e. The summed E-state index contributed by atoms with van der Waals surface area (Å²) < 4.78 is 8.66. The first kappa shape index (κ1) is 20.7. The van der Waals surface area contributed by atoms with Crippen LogP contribution in [0.4, 0.5) is 0 Å². The number of aromatic nitrogens is 4. The molecule has 1 amide bonds. The number of aryl methyl sites for hydroxylation is 3. The van der Waals surface area contributed by atoms with Gasteiger partial charge in [0.2, 0.25) is 5.88 Å². The molecule has 1 aliphatic heterocycles. The number of piperazine rings is 1. The lowest BCUT2D eigenvalue weighted by atomic mass is 10.1. The van der Waals surface area contributed by atoms with E-state index in [1.807, 2.05) is 30.1 Å². The van der Waals surface area contributed by atoms with Gasteiger partial charge in [-0.1, -0.05) is 0 Å². The maximum absolute atomic E-state index is 13.0. The van der Waals surface area contributed by atoms with Crippen molar-refractivity contribution in [2.45, 2.75) is 25.8 Å². The molecule has 0 spiro atoms. The predicted molar refractivity (Wildman–Crippen MR) is 120 cm³/mol. The Kier molecular flexibility index (Phi) is 5.42. The summed E-state index contributed by atoms with van der Waals surface area (Å²) in [6.45, 7) is 4.23. The fourth-order valence-corrected chi connectivity index (χ4v) is 4.74. The van der Waals surface area contributed by atoms with Crippen molar-refractivity contribution in [1.82, 2.24) is 29.4 Å². The molecule has 1 saturated heterocycles. The minimum Gasteiger partial charge on any atom is -0.481 e. The van der Waals surface area contributed by atoms with Crippen molar-refractivity contribution in [1.29, 1.82) is 0 Å². The van der Waals surface area contributed by atoms with E-state index in [9.17, 15) is 9.59 Å². The molecular formula is C23H28N6O3. The van der Waals surface area contributed by atoms with Crippen LogP contribution in [0.25, 0.3) is 10.9 Å². The lowest BCUT2D eigenvalue weighted by molar-refractivity contribution is 0.0631. The second kappa shape index (κ2) is 8.38. The number of fused-ring (bicyclic) bond motifs is 2. The zero-order valence-corrected chi connectivity index (χ0v) is 18.6. The zero-order valence-electron chi connectivity index (χ0n) is 18.6. The number of nitrogens with zero attached hydrogens (tertiary/aromatic N) is 6. The van der Waals surface area contributed by atoms with Crippen molar-refractivity contribution < 1.29 is 9.53 Å². The summed E-state index contributed by atoms with van der Waals surface area (Å²) >= 11 is 0. The summed E-state index contributed by atoms with van der Waals surface area (Å²) in [5.74, 6) is 0.706. The minimum atomic E-state index is -0.0130. The van der Waals surface area contributed by atoms with Gasteiger partial charge >= 0.3 is 0 Å². The highest BCUT2D eigenvalue weighted by Gasteiger charge is 2.23. The van der Waals surface area contributed by atoms with Gasteiger partial charge in [-0.2, -0.15) is 10.2 Å². The van der Waals surface area contributed by atoms with Crippen LogP contribution in [0.3, 0.4) is 0 Å². The summed E-state index contributed by atoms with van der Waals surface area (Å²) in [6, 6.07) is 7.32. The number of methoxy groups -OCH3 is 1. The Morgan fingerprint density at radius 2 is 1.88 bits per heavy atom. The van der Waals surface area contributed by atoms with Crippen molar-refractivity contribution in [2.75, 3.05) is 39.8 Å². The summed E-state index contributed by atoms with van der Waals surface area (Å²) in [4.78, 5) is 29.5. The van der Waals surface area contributed by atoms with E-state index in [0.717, 1.165) is 61.1 Å². The molecule has 3 heterocycles. The van der Waals surface area contributed by atoms with E-state index in [4.69, 9.17) is 4.74 Å². The van der Waals surface area contributed by atoms with Crippen molar-refractivity contribution in [3.05, 3.63) is 51.4 Å². The number of carbonyl (C=O) groups excluding carboxylic acids is 1. The lowest BCUT2D eigenvalue weighted by Gasteiger charge is -2.34. The van der Waals surface area contributed by atoms with Gasteiger partial charge in [0.25, 0.3) is 11.5 Å². The molecule has 0 radical (unpaired) electrons. The highest BCUT2D eigenvalue weighted by molar-refractivity contribution is 5.98. The third-order valence-electron chi connectivity index (χ3n) is 6.53. The molecule has 9 nitrogen and oxygen atoms in total. The number of benzene rings is 1. The van der Waals surface area contributed by atoms with Crippen molar-refractivity contribution >= 4 is 16.8 Å². The van der Waals surface area contributed by atoms with Gasteiger partial charge in [0, 0.05) is 51.4 Å². The SMILES string of the molecule is COc1c2ccc(C(=O)N3CCN(CCn4nc5c(cc4=O)CCC5)CC3)cc2nn1C. The van der Waals surface area contributed by atoms with E-state index in [1.54, 1.807) is 22.5 Å². The largest absolute Gasteiger partial charge is 0.481 e. The number of hydrogen-bond donors (Lipinski definition) is 0. The minimum absolute atomic E-state index is 0.0130. The molecule has 1 fully saturated rings. The van der Waals surface area contributed by atoms with Crippen LogP contribution in [0.2, 0.25) is 0 Å². The van der Waals surface area contributed by atoms with Gasteiger partial charge < -0.3 is 9.64 Å². The molecule has 9 heteroatoms. The topological polar surface area (TPSA) is 85.5 Å². The molecule has 0 atom stereocenters. The van der Waals surface area contributed by atoms with Crippen LogP contribution in [0.15, 0.2) is 29.1 Å².